The molecule has 2 N–H and O–H groups in total. The first kappa shape index (κ1) is 15.0. The zero-order chi connectivity index (χ0) is 13.8. The van der Waals surface area contributed by atoms with Crippen molar-refractivity contribution in [2.75, 3.05) is 13.7 Å². The van der Waals surface area contributed by atoms with Gasteiger partial charge in [0.1, 0.15) is 6.10 Å². The Morgan fingerprint density at radius 1 is 1.44 bits per heavy atom. The van der Waals surface area contributed by atoms with E-state index in [-0.39, 0.29) is 17.7 Å². The molecule has 0 radical (unpaired) electrons. The molecule has 0 aliphatic carbocycles. The summed E-state index contributed by atoms with van der Waals surface area (Å²) in [5, 5.41) is 5.68. The second-order valence-electron chi connectivity index (χ2n) is 5.26. The highest BCUT2D eigenvalue weighted by Gasteiger charge is 2.16. The van der Waals surface area contributed by atoms with E-state index < -0.39 is 0 Å². The average molecular weight is 270 g/mol. The molecule has 4 nitrogen and oxygen atoms in total. The average Bonchev–Trinajstić information content (AvgIpc) is 2.63. The minimum Gasteiger partial charge on any atom is -0.374 e. The van der Waals surface area contributed by atoms with Crippen molar-refractivity contribution in [2.24, 2.45) is 0 Å². The van der Waals surface area contributed by atoms with Crippen LogP contribution in [0.15, 0.2) is 12.1 Å². The molecule has 0 aromatic carbocycles. The van der Waals surface area contributed by atoms with Gasteiger partial charge < -0.3 is 15.4 Å². The predicted molar refractivity (Wildman–Crippen MR) is 75.1 cm³/mol. The number of aryl methyl sites for hydroxylation is 1. The van der Waals surface area contributed by atoms with Crippen molar-refractivity contribution >= 4 is 17.4 Å². The van der Waals surface area contributed by atoms with E-state index in [1.54, 1.807) is 18.4 Å². The summed E-state index contributed by atoms with van der Waals surface area (Å²) in [7, 11) is 1.66. The number of methoxy groups -OCH3 is 1. The third-order valence-corrected chi connectivity index (χ3v) is 3.39. The van der Waals surface area contributed by atoms with Crippen LogP contribution >= 0.6 is 11.3 Å². The molecule has 0 saturated carbocycles. The second kappa shape index (κ2) is 6.20. The second-order valence-corrected chi connectivity index (χ2v) is 6.58. The fourth-order valence-corrected chi connectivity index (χ4v) is 2.45. The van der Waals surface area contributed by atoms with Crippen LogP contribution in [0.5, 0.6) is 0 Å². The highest BCUT2D eigenvalue weighted by Crippen LogP contribution is 2.24. The SMILES string of the molecule is COC(CNC(=O)NC(C)(C)C)c1ccc(C)s1. The Hall–Kier alpha value is -1.07. The van der Waals surface area contributed by atoms with Gasteiger partial charge in [-0.3, -0.25) is 0 Å². The number of carbonyl (C=O) groups is 1. The maximum Gasteiger partial charge on any atom is 0.315 e. The molecule has 18 heavy (non-hydrogen) atoms. The van der Waals surface area contributed by atoms with Crippen LogP contribution in [0.25, 0.3) is 0 Å². The molecule has 1 aromatic heterocycles. The van der Waals surface area contributed by atoms with Crippen LogP contribution in [-0.4, -0.2) is 25.2 Å². The molecule has 1 unspecified atom stereocenters. The monoisotopic (exact) mass is 270 g/mol. The summed E-state index contributed by atoms with van der Waals surface area (Å²) in [6.07, 6.45) is -0.0885. The summed E-state index contributed by atoms with van der Waals surface area (Å²) in [6, 6.07) is 3.93. The zero-order valence-electron chi connectivity index (χ0n) is 11.7. The molecule has 2 amide bonds. The van der Waals surface area contributed by atoms with E-state index >= 15 is 0 Å². The van der Waals surface area contributed by atoms with E-state index in [0.29, 0.717) is 6.54 Å². The summed E-state index contributed by atoms with van der Waals surface area (Å²) >= 11 is 1.69. The fourth-order valence-electron chi connectivity index (χ4n) is 1.50. The van der Waals surface area contributed by atoms with Gasteiger partial charge in [-0.2, -0.15) is 0 Å². The lowest BCUT2D eigenvalue weighted by atomic mass is 10.1. The van der Waals surface area contributed by atoms with E-state index in [9.17, 15) is 4.79 Å². The number of amides is 2. The Labute approximate surface area is 113 Å². The van der Waals surface area contributed by atoms with Crippen LogP contribution in [-0.2, 0) is 4.74 Å². The van der Waals surface area contributed by atoms with Crippen molar-refractivity contribution in [1.29, 1.82) is 0 Å². The maximum atomic E-state index is 11.6. The van der Waals surface area contributed by atoms with Crippen LogP contribution in [0.4, 0.5) is 4.79 Å². The minimum atomic E-state index is -0.230. The molecule has 1 aromatic rings. The first-order chi connectivity index (χ1) is 8.31. The van der Waals surface area contributed by atoms with Crippen LogP contribution in [0.3, 0.4) is 0 Å². The van der Waals surface area contributed by atoms with E-state index in [2.05, 4.69) is 23.6 Å². The number of ether oxygens (including phenoxy) is 1. The Morgan fingerprint density at radius 3 is 2.56 bits per heavy atom. The number of thiophene rings is 1. The lowest BCUT2D eigenvalue weighted by molar-refractivity contribution is 0.106. The van der Waals surface area contributed by atoms with E-state index in [1.807, 2.05) is 26.8 Å². The molecule has 1 atom stereocenters. The first-order valence-corrected chi connectivity index (χ1v) is 6.78. The number of rotatable bonds is 4. The van der Waals surface area contributed by atoms with Gasteiger partial charge in [-0.1, -0.05) is 0 Å². The Kier molecular flexibility index (Phi) is 5.16. The first-order valence-electron chi connectivity index (χ1n) is 5.97. The quantitative estimate of drug-likeness (QED) is 0.884. The zero-order valence-corrected chi connectivity index (χ0v) is 12.5. The smallest absolute Gasteiger partial charge is 0.315 e. The summed E-state index contributed by atoms with van der Waals surface area (Å²) in [6.45, 7) is 8.37. The van der Waals surface area contributed by atoms with Crippen LogP contribution in [0, 0.1) is 6.92 Å². The third-order valence-electron chi connectivity index (χ3n) is 2.30. The van der Waals surface area contributed by atoms with Crippen molar-refractivity contribution in [3.05, 3.63) is 21.9 Å². The number of hydrogen-bond acceptors (Lipinski definition) is 3. The van der Waals surface area contributed by atoms with Gasteiger partial charge in [0.2, 0.25) is 0 Å². The van der Waals surface area contributed by atoms with Crippen molar-refractivity contribution in [2.45, 2.75) is 39.3 Å². The maximum absolute atomic E-state index is 11.6. The number of nitrogens with one attached hydrogen (secondary N) is 2. The van der Waals surface area contributed by atoms with Gasteiger partial charge in [-0.15, -0.1) is 11.3 Å². The third kappa shape index (κ3) is 5.06. The molecule has 0 aliphatic heterocycles. The van der Waals surface area contributed by atoms with E-state index in [4.69, 9.17) is 4.74 Å². The molecule has 1 heterocycles. The molecule has 0 saturated heterocycles. The molecule has 102 valence electrons. The Balaban J connectivity index is 2.48. The van der Waals surface area contributed by atoms with Crippen molar-refractivity contribution in [3.63, 3.8) is 0 Å². The van der Waals surface area contributed by atoms with Gasteiger partial charge >= 0.3 is 6.03 Å². The van der Waals surface area contributed by atoms with Crippen molar-refractivity contribution in [3.8, 4) is 0 Å². The number of carbonyl (C=O) groups excluding carboxylic acids is 1. The summed E-state index contributed by atoms with van der Waals surface area (Å²) in [5.41, 5.74) is -0.230. The summed E-state index contributed by atoms with van der Waals surface area (Å²) in [4.78, 5) is 14.0. The largest absolute Gasteiger partial charge is 0.374 e. The van der Waals surface area contributed by atoms with Gasteiger partial charge in [0, 0.05) is 22.4 Å². The van der Waals surface area contributed by atoms with Gasteiger partial charge in [-0.25, -0.2) is 4.79 Å². The van der Waals surface area contributed by atoms with Crippen LogP contribution in [0.2, 0.25) is 0 Å². The van der Waals surface area contributed by atoms with E-state index in [0.717, 1.165) is 4.88 Å². The summed E-state index contributed by atoms with van der Waals surface area (Å²) < 4.78 is 5.40. The Bertz CT molecular complexity index is 396. The highest BCUT2D eigenvalue weighted by molar-refractivity contribution is 7.12. The van der Waals surface area contributed by atoms with Gasteiger partial charge in [0.15, 0.2) is 0 Å². The number of hydrogen-bond donors (Lipinski definition) is 2. The molecule has 0 fully saturated rings. The summed E-state index contributed by atoms with van der Waals surface area (Å²) in [5.74, 6) is 0. The molecule has 0 aliphatic rings. The van der Waals surface area contributed by atoms with E-state index in [1.165, 1.54) is 4.88 Å². The Morgan fingerprint density at radius 2 is 2.11 bits per heavy atom. The van der Waals surface area contributed by atoms with Gasteiger partial charge in [0.05, 0.1) is 6.54 Å². The minimum absolute atomic E-state index is 0.0885. The molecule has 5 heteroatoms. The lowest BCUT2D eigenvalue weighted by Gasteiger charge is -2.22. The molecule has 1 rings (SSSR count). The number of urea groups is 1. The normalized spacial score (nSPS) is 13.2. The topological polar surface area (TPSA) is 50.4 Å². The standard InChI is InChI=1S/C13H22N2O2S/c1-9-6-7-11(18-9)10(17-5)8-14-12(16)15-13(2,3)4/h6-7,10H,8H2,1-5H3,(H2,14,15,16). The van der Waals surface area contributed by atoms with Crippen molar-refractivity contribution in [1.82, 2.24) is 10.6 Å². The molecular weight excluding hydrogens is 248 g/mol. The molecular formula is C13H22N2O2S. The molecule has 0 bridgehead atoms. The molecule has 0 spiro atoms. The van der Waals surface area contributed by atoms with Crippen molar-refractivity contribution < 1.29 is 9.53 Å². The lowest BCUT2D eigenvalue weighted by Crippen LogP contribution is -2.47. The highest BCUT2D eigenvalue weighted by atomic mass is 32.1. The van der Waals surface area contributed by atoms with Gasteiger partial charge in [0.25, 0.3) is 0 Å². The fraction of sp³-hybridized carbons (Fsp3) is 0.615. The van der Waals surface area contributed by atoms with Gasteiger partial charge in [-0.05, 0) is 39.8 Å². The predicted octanol–water partition coefficient (Wildman–Crippen LogP) is 2.84. The van der Waals surface area contributed by atoms with Crippen LogP contribution in [0.1, 0.15) is 36.6 Å². The van der Waals surface area contributed by atoms with Crippen LogP contribution < -0.4 is 10.6 Å².